The predicted octanol–water partition coefficient (Wildman–Crippen LogP) is 3.62. The van der Waals surface area contributed by atoms with E-state index in [1.165, 1.54) is 17.4 Å². The van der Waals surface area contributed by atoms with E-state index in [-0.39, 0.29) is 12.5 Å². The van der Waals surface area contributed by atoms with Crippen LogP contribution in [0.2, 0.25) is 0 Å². The highest BCUT2D eigenvalue weighted by Gasteiger charge is 2.49. The number of hydrogen-bond acceptors (Lipinski definition) is 3. The van der Waals surface area contributed by atoms with Crippen molar-refractivity contribution in [3.05, 3.63) is 56.4 Å². The summed E-state index contributed by atoms with van der Waals surface area (Å²) in [5, 5.41) is 4.54. The molecule has 1 aliphatic heterocycles. The van der Waals surface area contributed by atoms with Gasteiger partial charge in [0, 0.05) is 14.9 Å². The van der Waals surface area contributed by atoms with Crippen LogP contribution in [0.15, 0.2) is 40.2 Å². The minimum absolute atomic E-state index is 0.0925. The van der Waals surface area contributed by atoms with Gasteiger partial charge in [0.1, 0.15) is 5.82 Å². The maximum Gasteiger partial charge on any atom is 0.325 e. The molecule has 1 saturated heterocycles. The van der Waals surface area contributed by atoms with Crippen LogP contribution in [0.1, 0.15) is 17.4 Å². The van der Waals surface area contributed by atoms with Crippen LogP contribution in [-0.4, -0.2) is 16.8 Å². The first kappa shape index (κ1) is 15.2. The Morgan fingerprint density at radius 3 is 2.77 bits per heavy atom. The second-order valence-electron chi connectivity index (χ2n) is 5.16. The van der Waals surface area contributed by atoms with Gasteiger partial charge >= 0.3 is 6.03 Å². The normalized spacial score (nSPS) is 21.3. The van der Waals surface area contributed by atoms with Crippen LogP contribution < -0.4 is 5.32 Å². The predicted molar refractivity (Wildman–Crippen MR) is 84.9 cm³/mol. The number of rotatable bonds is 3. The molecule has 4 nitrogen and oxygen atoms in total. The number of halogens is 2. The van der Waals surface area contributed by atoms with E-state index >= 15 is 0 Å². The minimum Gasteiger partial charge on any atom is -0.319 e. The molecule has 1 fully saturated rings. The lowest BCUT2D eigenvalue weighted by molar-refractivity contribution is -0.131. The first-order valence-corrected chi connectivity index (χ1v) is 8.21. The van der Waals surface area contributed by atoms with Gasteiger partial charge in [0.25, 0.3) is 5.91 Å². The Morgan fingerprint density at radius 2 is 2.14 bits per heavy atom. The Bertz CT molecular complexity index is 750. The van der Waals surface area contributed by atoms with Crippen LogP contribution in [0, 0.1) is 5.82 Å². The lowest BCUT2D eigenvalue weighted by Crippen LogP contribution is -2.40. The standard InChI is InChI=1S/C15H12BrFN2O2S/c1-15(12-3-2-6-22-12)13(20)19(14(21)18-15)8-9-4-5-10(16)7-11(9)17/h2-7H,8H2,1H3,(H,18,21). The summed E-state index contributed by atoms with van der Waals surface area (Å²) in [5.41, 5.74) is -0.793. The van der Waals surface area contributed by atoms with E-state index in [0.717, 1.165) is 9.78 Å². The number of amides is 3. The molecule has 0 saturated carbocycles. The summed E-state index contributed by atoms with van der Waals surface area (Å²) in [6, 6.07) is 7.65. The van der Waals surface area contributed by atoms with Crippen LogP contribution in [0.3, 0.4) is 0 Å². The fourth-order valence-corrected chi connectivity index (χ4v) is 3.56. The van der Waals surface area contributed by atoms with Gasteiger partial charge in [-0.15, -0.1) is 11.3 Å². The molecule has 3 rings (SSSR count). The fourth-order valence-electron chi connectivity index (χ4n) is 2.39. The Morgan fingerprint density at radius 1 is 1.36 bits per heavy atom. The molecule has 1 aromatic carbocycles. The lowest BCUT2D eigenvalue weighted by atomic mass is 10.0. The molecule has 3 amide bonds. The lowest BCUT2D eigenvalue weighted by Gasteiger charge is -2.20. The Hall–Kier alpha value is -1.73. The average molecular weight is 383 g/mol. The number of thiophene rings is 1. The third kappa shape index (κ3) is 2.44. The largest absolute Gasteiger partial charge is 0.325 e. The summed E-state index contributed by atoms with van der Waals surface area (Å²) in [4.78, 5) is 26.6. The second kappa shape index (κ2) is 5.48. The van der Waals surface area contributed by atoms with Crippen LogP contribution >= 0.6 is 27.3 Å². The van der Waals surface area contributed by atoms with Gasteiger partial charge in [-0.25, -0.2) is 9.18 Å². The molecule has 2 heterocycles. The number of nitrogens with one attached hydrogen (secondary N) is 1. The van der Waals surface area contributed by atoms with Crippen molar-refractivity contribution in [2.45, 2.75) is 19.0 Å². The van der Waals surface area contributed by atoms with Crippen LogP contribution in [0.25, 0.3) is 0 Å². The number of urea groups is 1. The summed E-state index contributed by atoms with van der Waals surface area (Å²) >= 11 is 4.57. The number of carbonyl (C=O) groups excluding carboxylic acids is 2. The van der Waals surface area contributed by atoms with E-state index in [2.05, 4.69) is 21.2 Å². The van der Waals surface area contributed by atoms with Crippen molar-refractivity contribution < 1.29 is 14.0 Å². The molecular weight excluding hydrogens is 371 g/mol. The molecule has 1 aromatic heterocycles. The molecule has 0 aliphatic carbocycles. The van der Waals surface area contributed by atoms with Crippen molar-refractivity contribution >= 4 is 39.2 Å². The summed E-state index contributed by atoms with van der Waals surface area (Å²) in [6.45, 7) is 1.57. The van der Waals surface area contributed by atoms with E-state index in [0.29, 0.717) is 10.0 Å². The van der Waals surface area contributed by atoms with Crippen LogP contribution in [0.5, 0.6) is 0 Å². The molecular formula is C15H12BrFN2O2S. The first-order valence-electron chi connectivity index (χ1n) is 6.54. The zero-order valence-corrected chi connectivity index (χ0v) is 14.0. The van der Waals surface area contributed by atoms with Gasteiger partial charge in [-0.2, -0.15) is 0 Å². The molecule has 7 heteroatoms. The number of hydrogen-bond donors (Lipinski definition) is 1. The highest BCUT2D eigenvalue weighted by Crippen LogP contribution is 2.32. The van der Waals surface area contributed by atoms with Crippen molar-refractivity contribution in [1.82, 2.24) is 10.2 Å². The molecule has 1 aliphatic rings. The van der Waals surface area contributed by atoms with E-state index in [1.807, 2.05) is 11.4 Å². The number of imide groups is 1. The average Bonchev–Trinajstić information content (AvgIpc) is 3.06. The van der Waals surface area contributed by atoms with E-state index in [1.54, 1.807) is 25.1 Å². The number of benzene rings is 1. The van der Waals surface area contributed by atoms with Crippen molar-refractivity contribution in [1.29, 1.82) is 0 Å². The molecule has 0 radical (unpaired) electrons. The monoisotopic (exact) mass is 382 g/mol. The van der Waals surface area contributed by atoms with E-state index in [9.17, 15) is 14.0 Å². The highest BCUT2D eigenvalue weighted by atomic mass is 79.9. The maximum absolute atomic E-state index is 13.9. The van der Waals surface area contributed by atoms with Crippen molar-refractivity contribution in [2.75, 3.05) is 0 Å². The molecule has 1 atom stereocenters. The third-order valence-electron chi connectivity index (χ3n) is 3.63. The summed E-state index contributed by atoms with van der Waals surface area (Å²) < 4.78 is 14.5. The van der Waals surface area contributed by atoms with Crippen molar-refractivity contribution in [3.8, 4) is 0 Å². The SMILES string of the molecule is CC1(c2cccs2)NC(=O)N(Cc2ccc(Br)cc2F)C1=O. The van der Waals surface area contributed by atoms with Crippen LogP contribution in [0.4, 0.5) is 9.18 Å². The van der Waals surface area contributed by atoms with Gasteiger partial charge in [-0.05, 0) is 30.5 Å². The van der Waals surface area contributed by atoms with Gasteiger partial charge in [0.2, 0.25) is 0 Å². The molecule has 1 unspecified atom stereocenters. The Labute approximate surface area is 139 Å². The zero-order valence-electron chi connectivity index (χ0n) is 11.6. The smallest absolute Gasteiger partial charge is 0.319 e. The summed E-state index contributed by atoms with van der Waals surface area (Å²) in [7, 11) is 0. The van der Waals surface area contributed by atoms with Gasteiger partial charge in [-0.3, -0.25) is 9.69 Å². The Kier molecular flexibility index (Phi) is 3.78. The highest BCUT2D eigenvalue weighted by molar-refractivity contribution is 9.10. The van der Waals surface area contributed by atoms with Gasteiger partial charge in [0.15, 0.2) is 5.54 Å². The van der Waals surface area contributed by atoms with E-state index in [4.69, 9.17) is 0 Å². The van der Waals surface area contributed by atoms with E-state index < -0.39 is 17.4 Å². The second-order valence-corrected chi connectivity index (χ2v) is 7.02. The third-order valence-corrected chi connectivity index (χ3v) is 5.22. The zero-order chi connectivity index (χ0) is 15.9. The molecule has 22 heavy (non-hydrogen) atoms. The van der Waals surface area contributed by atoms with Crippen molar-refractivity contribution in [2.24, 2.45) is 0 Å². The first-order chi connectivity index (χ1) is 10.4. The molecule has 1 N–H and O–H groups in total. The Balaban J connectivity index is 1.89. The van der Waals surface area contributed by atoms with Crippen LogP contribution in [-0.2, 0) is 16.9 Å². The summed E-state index contributed by atoms with van der Waals surface area (Å²) in [6.07, 6.45) is 0. The topological polar surface area (TPSA) is 49.4 Å². The molecule has 2 aromatic rings. The minimum atomic E-state index is -1.09. The molecule has 0 spiro atoms. The quantitative estimate of drug-likeness (QED) is 0.824. The number of carbonyl (C=O) groups is 2. The fraction of sp³-hybridized carbons (Fsp3) is 0.200. The molecule has 114 valence electrons. The van der Waals surface area contributed by atoms with Gasteiger partial charge in [-0.1, -0.05) is 28.1 Å². The number of nitrogens with zero attached hydrogens (tertiary/aromatic N) is 1. The summed E-state index contributed by atoms with van der Waals surface area (Å²) in [5.74, 6) is -0.832. The van der Waals surface area contributed by atoms with Gasteiger partial charge in [0.05, 0.1) is 6.54 Å². The van der Waals surface area contributed by atoms with Crippen molar-refractivity contribution in [3.63, 3.8) is 0 Å². The molecule has 0 bridgehead atoms. The maximum atomic E-state index is 13.9. The van der Waals surface area contributed by atoms with Gasteiger partial charge < -0.3 is 5.32 Å².